The van der Waals surface area contributed by atoms with Crippen LogP contribution in [0.3, 0.4) is 0 Å². The minimum atomic E-state index is -0.391. The van der Waals surface area contributed by atoms with Crippen molar-refractivity contribution in [2.24, 2.45) is 0 Å². The topological polar surface area (TPSA) is 52.3 Å². The van der Waals surface area contributed by atoms with E-state index in [1.54, 1.807) is 6.08 Å². The van der Waals surface area contributed by atoms with Gasteiger partial charge in [0.2, 0.25) is 5.89 Å². The number of hydrogen-bond donors (Lipinski definition) is 0. The molecule has 0 saturated carbocycles. The zero-order valence-corrected chi connectivity index (χ0v) is 19.2. The molecule has 4 heteroatoms. The van der Waals surface area contributed by atoms with Gasteiger partial charge in [-0.25, -0.2) is 9.78 Å². The van der Waals surface area contributed by atoms with Crippen LogP contribution in [0.1, 0.15) is 5.56 Å². The van der Waals surface area contributed by atoms with Crippen molar-refractivity contribution in [3.63, 3.8) is 0 Å². The first-order valence-corrected chi connectivity index (χ1v) is 11.3. The Morgan fingerprint density at radius 2 is 1.37 bits per heavy atom. The molecule has 35 heavy (non-hydrogen) atoms. The minimum Gasteiger partial charge on any atom is -0.466 e. The lowest BCUT2D eigenvalue weighted by Gasteiger charge is -2.08. The standard InChI is InChI=1S/C31H23NO3/c1-34-28(33)20-19-22-11-10-16-25(21-22)26-17-8-9-18-27(26)31-32-29(23-12-4-2-5-13-23)30(35-31)24-14-6-3-7-15-24/h2-21H,1H3/b20-19-. The Labute approximate surface area is 204 Å². The summed E-state index contributed by atoms with van der Waals surface area (Å²) in [4.78, 5) is 16.5. The molecule has 0 aliphatic heterocycles. The zero-order chi connectivity index (χ0) is 24.0. The van der Waals surface area contributed by atoms with Crippen molar-refractivity contribution < 1.29 is 13.9 Å². The average molecular weight is 458 g/mol. The molecule has 1 heterocycles. The summed E-state index contributed by atoms with van der Waals surface area (Å²) in [6, 6.07) is 36.1. The molecule has 1 aromatic heterocycles. The summed E-state index contributed by atoms with van der Waals surface area (Å²) in [5.41, 5.74) is 6.53. The summed E-state index contributed by atoms with van der Waals surface area (Å²) in [5, 5.41) is 0. The molecule has 5 aromatic rings. The van der Waals surface area contributed by atoms with Crippen LogP contribution in [-0.4, -0.2) is 18.1 Å². The van der Waals surface area contributed by atoms with Crippen molar-refractivity contribution in [3.8, 4) is 45.2 Å². The van der Waals surface area contributed by atoms with Crippen LogP contribution in [-0.2, 0) is 9.53 Å². The molecule has 4 aromatic carbocycles. The Kier molecular flexibility index (Phi) is 6.35. The molecule has 0 aliphatic carbocycles. The Hall–Kier alpha value is -4.70. The third-order valence-corrected chi connectivity index (χ3v) is 5.68. The van der Waals surface area contributed by atoms with Gasteiger partial charge in [-0.05, 0) is 34.9 Å². The number of carbonyl (C=O) groups is 1. The highest BCUT2D eigenvalue weighted by Gasteiger charge is 2.20. The number of esters is 1. The number of ether oxygens (including phenoxy) is 1. The van der Waals surface area contributed by atoms with Crippen LogP contribution >= 0.6 is 0 Å². The molecule has 0 amide bonds. The smallest absolute Gasteiger partial charge is 0.330 e. The van der Waals surface area contributed by atoms with Crippen molar-refractivity contribution in [2.45, 2.75) is 0 Å². The van der Waals surface area contributed by atoms with Gasteiger partial charge < -0.3 is 9.15 Å². The molecule has 0 radical (unpaired) electrons. The molecule has 0 spiro atoms. The highest BCUT2D eigenvalue weighted by molar-refractivity contribution is 5.88. The summed E-state index contributed by atoms with van der Waals surface area (Å²) in [7, 11) is 1.36. The Morgan fingerprint density at radius 3 is 2.09 bits per heavy atom. The van der Waals surface area contributed by atoms with E-state index in [1.807, 2.05) is 109 Å². The summed E-state index contributed by atoms with van der Waals surface area (Å²) in [6.45, 7) is 0. The van der Waals surface area contributed by atoms with Gasteiger partial charge in [-0.15, -0.1) is 0 Å². The number of hydrogen-bond acceptors (Lipinski definition) is 4. The second-order valence-corrected chi connectivity index (χ2v) is 7.96. The van der Waals surface area contributed by atoms with Gasteiger partial charge in [-0.1, -0.05) is 97.1 Å². The second kappa shape index (κ2) is 10.1. The number of aromatic nitrogens is 1. The van der Waals surface area contributed by atoms with E-state index in [9.17, 15) is 4.79 Å². The molecule has 0 fully saturated rings. The number of carbonyl (C=O) groups excluding carboxylic acids is 1. The molecule has 0 bridgehead atoms. The Morgan fingerprint density at radius 1 is 0.743 bits per heavy atom. The van der Waals surface area contributed by atoms with E-state index in [1.165, 1.54) is 13.2 Å². The molecule has 4 nitrogen and oxygen atoms in total. The van der Waals surface area contributed by atoms with E-state index in [-0.39, 0.29) is 0 Å². The van der Waals surface area contributed by atoms with Crippen molar-refractivity contribution in [1.82, 2.24) is 4.98 Å². The van der Waals surface area contributed by atoms with E-state index in [0.29, 0.717) is 5.89 Å². The highest BCUT2D eigenvalue weighted by Crippen LogP contribution is 2.39. The van der Waals surface area contributed by atoms with Gasteiger partial charge in [0.15, 0.2) is 5.76 Å². The molecule has 0 aliphatic rings. The highest BCUT2D eigenvalue weighted by atomic mass is 16.5. The van der Waals surface area contributed by atoms with Crippen LogP contribution in [0.4, 0.5) is 0 Å². The monoisotopic (exact) mass is 457 g/mol. The van der Waals surface area contributed by atoms with Crippen molar-refractivity contribution in [2.75, 3.05) is 7.11 Å². The zero-order valence-electron chi connectivity index (χ0n) is 19.2. The fourth-order valence-electron chi connectivity index (χ4n) is 3.98. The third-order valence-electron chi connectivity index (χ3n) is 5.68. The lowest BCUT2D eigenvalue weighted by atomic mass is 9.98. The molecular weight excluding hydrogens is 434 g/mol. The van der Waals surface area contributed by atoms with Gasteiger partial charge in [-0.2, -0.15) is 0 Å². The van der Waals surface area contributed by atoms with Crippen LogP contribution in [0.25, 0.3) is 51.2 Å². The predicted octanol–water partition coefficient (Wildman–Crippen LogP) is 7.53. The fourth-order valence-corrected chi connectivity index (χ4v) is 3.98. The quantitative estimate of drug-likeness (QED) is 0.195. The Bertz CT molecular complexity index is 1430. The number of rotatable bonds is 6. The molecule has 0 saturated heterocycles. The normalized spacial score (nSPS) is 11.0. The summed E-state index contributed by atoms with van der Waals surface area (Å²) < 4.78 is 11.1. The first kappa shape index (κ1) is 22.1. The minimum absolute atomic E-state index is 0.391. The summed E-state index contributed by atoms with van der Waals surface area (Å²) in [5.74, 6) is 0.891. The fraction of sp³-hybridized carbons (Fsp3) is 0.0323. The van der Waals surface area contributed by atoms with Gasteiger partial charge in [0, 0.05) is 22.8 Å². The lowest BCUT2D eigenvalue weighted by Crippen LogP contribution is -1.93. The number of benzene rings is 4. The van der Waals surface area contributed by atoms with E-state index in [2.05, 4.69) is 0 Å². The van der Waals surface area contributed by atoms with Crippen molar-refractivity contribution >= 4 is 12.0 Å². The van der Waals surface area contributed by atoms with Crippen LogP contribution < -0.4 is 0 Å². The SMILES string of the molecule is COC(=O)/C=C\c1cccc(-c2ccccc2-c2nc(-c3ccccc3)c(-c3ccccc3)o2)c1. The Balaban J connectivity index is 1.62. The van der Waals surface area contributed by atoms with Crippen LogP contribution in [0.5, 0.6) is 0 Å². The van der Waals surface area contributed by atoms with Gasteiger partial charge in [0.1, 0.15) is 5.69 Å². The number of methoxy groups -OCH3 is 1. The molecule has 170 valence electrons. The molecule has 0 N–H and O–H groups in total. The molecule has 0 atom stereocenters. The maximum Gasteiger partial charge on any atom is 0.330 e. The summed E-state index contributed by atoms with van der Waals surface area (Å²) >= 11 is 0. The van der Waals surface area contributed by atoms with Crippen LogP contribution in [0.2, 0.25) is 0 Å². The first-order chi connectivity index (χ1) is 17.2. The molecule has 5 rings (SSSR count). The lowest BCUT2D eigenvalue weighted by molar-refractivity contribution is -0.134. The van der Waals surface area contributed by atoms with Crippen LogP contribution in [0.15, 0.2) is 120 Å². The van der Waals surface area contributed by atoms with Gasteiger partial charge in [0.05, 0.1) is 7.11 Å². The maximum atomic E-state index is 11.5. The first-order valence-electron chi connectivity index (χ1n) is 11.3. The van der Waals surface area contributed by atoms with Gasteiger partial charge >= 0.3 is 5.97 Å². The predicted molar refractivity (Wildman–Crippen MR) is 139 cm³/mol. The van der Waals surface area contributed by atoms with Crippen molar-refractivity contribution in [1.29, 1.82) is 0 Å². The van der Waals surface area contributed by atoms with Crippen molar-refractivity contribution in [3.05, 3.63) is 121 Å². The summed E-state index contributed by atoms with van der Waals surface area (Å²) in [6.07, 6.45) is 3.15. The third kappa shape index (κ3) is 4.82. The molecular formula is C31H23NO3. The largest absolute Gasteiger partial charge is 0.466 e. The van der Waals surface area contributed by atoms with E-state index in [4.69, 9.17) is 14.1 Å². The van der Waals surface area contributed by atoms with E-state index >= 15 is 0 Å². The number of nitrogens with zero attached hydrogens (tertiary/aromatic N) is 1. The van der Waals surface area contributed by atoms with Gasteiger partial charge in [0.25, 0.3) is 0 Å². The number of oxazole rings is 1. The molecule has 0 unspecified atom stereocenters. The van der Waals surface area contributed by atoms with Crippen LogP contribution in [0, 0.1) is 0 Å². The average Bonchev–Trinajstić information content (AvgIpc) is 3.38. The van der Waals surface area contributed by atoms with E-state index in [0.717, 1.165) is 44.8 Å². The maximum absolute atomic E-state index is 11.5. The second-order valence-electron chi connectivity index (χ2n) is 7.96. The van der Waals surface area contributed by atoms with Gasteiger partial charge in [-0.3, -0.25) is 0 Å². The van der Waals surface area contributed by atoms with E-state index < -0.39 is 5.97 Å².